The SMILES string of the molecule is CC(C)(C)C(CC=O)Nc1nc(-c2cn(S(=O)(=O)Cc3ccccc3)c3ncc(F)cc23)ncc1F. The van der Waals surface area contributed by atoms with E-state index < -0.39 is 33.1 Å². The van der Waals surface area contributed by atoms with Crippen LogP contribution in [-0.2, 0) is 20.6 Å². The Morgan fingerprint density at radius 1 is 1.11 bits per heavy atom. The average molecular weight is 514 g/mol. The molecule has 3 heterocycles. The summed E-state index contributed by atoms with van der Waals surface area (Å²) in [5.41, 5.74) is 0.334. The van der Waals surface area contributed by atoms with Crippen molar-refractivity contribution in [1.29, 1.82) is 0 Å². The lowest BCUT2D eigenvalue weighted by Gasteiger charge is -2.30. The van der Waals surface area contributed by atoms with Crippen LogP contribution in [0.5, 0.6) is 0 Å². The lowest BCUT2D eigenvalue weighted by atomic mass is 9.85. The van der Waals surface area contributed by atoms with Gasteiger partial charge in [0.15, 0.2) is 23.1 Å². The molecule has 0 aliphatic heterocycles. The van der Waals surface area contributed by atoms with Crippen molar-refractivity contribution < 1.29 is 22.0 Å². The Hall–Kier alpha value is -3.73. The fourth-order valence-electron chi connectivity index (χ4n) is 3.79. The second-order valence-electron chi connectivity index (χ2n) is 9.46. The Labute approximate surface area is 207 Å². The molecule has 1 N–H and O–H groups in total. The van der Waals surface area contributed by atoms with Gasteiger partial charge in [0.1, 0.15) is 12.1 Å². The summed E-state index contributed by atoms with van der Waals surface area (Å²) in [7, 11) is -3.96. The topological polar surface area (TPSA) is 107 Å². The quantitative estimate of drug-likeness (QED) is 0.344. The molecule has 0 saturated heterocycles. The van der Waals surface area contributed by atoms with Crippen LogP contribution < -0.4 is 5.32 Å². The molecule has 0 aliphatic rings. The van der Waals surface area contributed by atoms with E-state index >= 15 is 0 Å². The number of rotatable bonds is 8. The van der Waals surface area contributed by atoms with Crippen molar-refractivity contribution in [2.75, 3.05) is 5.32 Å². The normalized spacial score (nSPS) is 13.0. The van der Waals surface area contributed by atoms with Gasteiger partial charge >= 0.3 is 0 Å². The van der Waals surface area contributed by atoms with Gasteiger partial charge in [0.25, 0.3) is 0 Å². The van der Waals surface area contributed by atoms with E-state index in [0.29, 0.717) is 5.56 Å². The lowest BCUT2D eigenvalue weighted by Crippen LogP contribution is -2.35. The molecule has 4 aromatic rings. The first-order valence-electron chi connectivity index (χ1n) is 11.2. The second kappa shape index (κ2) is 9.73. The van der Waals surface area contributed by atoms with Crippen molar-refractivity contribution >= 4 is 33.2 Å². The number of benzene rings is 1. The van der Waals surface area contributed by atoms with Gasteiger partial charge in [-0.3, -0.25) is 0 Å². The molecule has 36 heavy (non-hydrogen) atoms. The molecule has 0 spiro atoms. The van der Waals surface area contributed by atoms with Crippen molar-refractivity contribution in [2.45, 2.75) is 39.0 Å². The molecule has 8 nitrogen and oxygen atoms in total. The summed E-state index contributed by atoms with van der Waals surface area (Å²) in [6.07, 6.45) is 3.99. The zero-order chi connectivity index (χ0) is 26.1. The summed E-state index contributed by atoms with van der Waals surface area (Å²) in [6, 6.07) is 9.31. The van der Waals surface area contributed by atoms with Crippen molar-refractivity contribution in [1.82, 2.24) is 18.9 Å². The molecule has 0 amide bonds. The smallest absolute Gasteiger partial charge is 0.244 e. The number of halogens is 2. The van der Waals surface area contributed by atoms with E-state index in [4.69, 9.17) is 0 Å². The van der Waals surface area contributed by atoms with E-state index in [1.165, 1.54) is 6.20 Å². The van der Waals surface area contributed by atoms with Crippen LogP contribution in [0.15, 0.2) is 55.0 Å². The third kappa shape index (κ3) is 5.25. The third-order valence-corrected chi connectivity index (χ3v) is 7.32. The predicted octanol–water partition coefficient (Wildman–Crippen LogP) is 4.57. The Balaban J connectivity index is 1.82. The Morgan fingerprint density at radius 3 is 2.50 bits per heavy atom. The number of hydrogen-bond donors (Lipinski definition) is 1. The Bertz CT molecular complexity index is 1520. The fourth-order valence-corrected chi connectivity index (χ4v) is 5.21. The van der Waals surface area contributed by atoms with Gasteiger partial charge in [-0.15, -0.1) is 0 Å². The first kappa shape index (κ1) is 25.4. The molecule has 0 radical (unpaired) electrons. The van der Waals surface area contributed by atoms with Crippen LogP contribution in [0.2, 0.25) is 0 Å². The fraction of sp³-hybridized carbons (Fsp3) is 0.280. The van der Waals surface area contributed by atoms with Crippen LogP contribution in [0.1, 0.15) is 32.8 Å². The molecule has 0 bridgehead atoms. The summed E-state index contributed by atoms with van der Waals surface area (Å²) < 4.78 is 56.3. The molecule has 3 aromatic heterocycles. The number of pyridine rings is 1. The molecule has 0 aliphatic carbocycles. The largest absolute Gasteiger partial charge is 0.364 e. The number of fused-ring (bicyclic) bond motifs is 1. The van der Waals surface area contributed by atoms with E-state index in [9.17, 15) is 22.0 Å². The minimum atomic E-state index is -3.96. The van der Waals surface area contributed by atoms with Crippen molar-refractivity contribution in [3.8, 4) is 11.4 Å². The summed E-state index contributed by atoms with van der Waals surface area (Å²) in [6.45, 7) is 5.69. The number of carbonyl (C=O) groups excluding carboxylic acids is 1. The third-order valence-electron chi connectivity index (χ3n) is 5.74. The maximum atomic E-state index is 14.6. The average Bonchev–Trinajstić information content (AvgIpc) is 3.19. The molecule has 1 unspecified atom stereocenters. The standard InChI is InChI=1S/C25H25F2N5O3S/c1-25(2,3)21(9-10-33)30-23-20(27)13-28-22(31-23)19-14-32(24-18(19)11-17(26)12-29-24)36(34,35)15-16-7-5-4-6-8-16/h4-8,10-14,21H,9,15H2,1-3H3,(H,28,30,31). The van der Waals surface area contributed by atoms with E-state index in [1.54, 1.807) is 30.3 Å². The van der Waals surface area contributed by atoms with E-state index in [0.717, 1.165) is 28.7 Å². The number of aromatic nitrogens is 4. The summed E-state index contributed by atoms with van der Waals surface area (Å²) >= 11 is 0. The van der Waals surface area contributed by atoms with E-state index in [2.05, 4.69) is 20.3 Å². The molecular formula is C25H25F2N5O3S. The van der Waals surface area contributed by atoms with Crippen LogP contribution in [0, 0.1) is 17.0 Å². The molecule has 0 saturated carbocycles. The van der Waals surface area contributed by atoms with Crippen LogP contribution >= 0.6 is 0 Å². The summed E-state index contributed by atoms with van der Waals surface area (Å²) in [5.74, 6) is -1.92. The summed E-state index contributed by atoms with van der Waals surface area (Å²) in [4.78, 5) is 23.5. The van der Waals surface area contributed by atoms with Crippen molar-refractivity contribution in [3.05, 3.63) is 72.2 Å². The molecule has 1 atom stereocenters. The van der Waals surface area contributed by atoms with Gasteiger partial charge in [-0.2, -0.15) is 0 Å². The first-order chi connectivity index (χ1) is 17.0. The van der Waals surface area contributed by atoms with Gasteiger partial charge in [-0.05, 0) is 17.0 Å². The van der Waals surface area contributed by atoms with Crippen LogP contribution in [0.3, 0.4) is 0 Å². The highest BCUT2D eigenvalue weighted by Crippen LogP contribution is 2.32. The van der Waals surface area contributed by atoms with Gasteiger partial charge in [0, 0.05) is 29.6 Å². The molecule has 4 rings (SSSR count). The first-order valence-corrected chi connectivity index (χ1v) is 12.8. The highest BCUT2D eigenvalue weighted by atomic mass is 32.2. The molecular weight excluding hydrogens is 488 g/mol. The molecule has 1 aromatic carbocycles. The highest BCUT2D eigenvalue weighted by Gasteiger charge is 2.27. The monoisotopic (exact) mass is 513 g/mol. The molecule has 0 fully saturated rings. The number of aldehydes is 1. The van der Waals surface area contributed by atoms with Gasteiger partial charge in [-0.1, -0.05) is 51.1 Å². The predicted molar refractivity (Wildman–Crippen MR) is 133 cm³/mol. The maximum Gasteiger partial charge on any atom is 0.244 e. The van der Waals surface area contributed by atoms with Gasteiger partial charge in [0.2, 0.25) is 10.0 Å². The van der Waals surface area contributed by atoms with Crippen molar-refractivity contribution in [3.63, 3.8) is 0 Å². The van der Waals surface area contributed by atoms with E-state index in [-0.39, 0.29) is 40.4 Å². The molecule has 188 valence electrons. The Morgan fingerprint density at radius 2 is 1.83 bits per heavy atom. The van der Waals surface area contributed by atoms with Gasteiger partial charge < -0.3 is 10.1 Å². The number of hydrogen-bond acceptors (Lipinski definition) is 7. The van der Waals surface area contributed by atoms with Gasteiger partial charge in [0.05, 0.1) is 18.1 Å². The minimum absolute atomic E-state index is 0.00158. The summed E-state index contributed by atoms with van der Waals surface area (Å²) in [5, 5.41) is 3.11. The minimum Gasteiger partial charge on any atom is -0.364 e. The molecule has 11 heteroatoms. The number of carbonyl (C=O) groups is 1. The Kier molecular flexibility index (Phi) is 6.85. The number of nitrogens with one attached hydrogen (secondary N) is 1. The van der Waals surface area contributed by atoms with Gasteiger partial charge in [-0.25, -0.2) is 36.1 Å². The second-order valence-corrected chi connectivity index (χ2v) is 11.3. The number of nitrogens with zero attached hydrogens (tertiary/aromatic N) is 4. The highest BCUT2D eigenvalue weighted by molar-refractivity contribution is 7.89. The lowest BCUT2D eigenvalue weighted by molar-refractivity contribution is -0.108. The number of anilines is 1. The maximum absolute atomic E-state index is 14.6. The zero-order valence-electron chi connectivity index (χ0n) is 19.9. The van der Waals surface area contributed by atoms with Crippen molar-refractivity contribution in [2.24, 2.45) is 5.41 Å². The van der Waals surface area contributed by atoms with Crippen LogP contribution in [0.25, 0.3) is 22.4 Å². The van der Waals surface area contributed by atoms with Crippen LogP contribution in [-0.4, -0.2) is 39.7 Å². The van der Waals surface area contributed by atoms with Crippen LogP contribution in [0.4, 0.5) is 14.6 Å². The van der Waals surface area contributed by atoms with E-state index in [1.807, 2.05) is 20.8 Å². The zero-order valence-corrected chi connectivity index (χ0v) is 20.8.